The first-order valence-electron chi connectivity index (χ1n) is 10.1. The minimum absolute atomic E-state index is 0.0942. The third kappa shape index (κ3) is 7.58. The van der Waals surface area contributed by atoms with E-state index < -0.39 is 24.3 Å². The standard InChI is InChI=1S/C23H32O5/c24-18(13-12-17-8-4-3-5-9-17)14-15-20-19(21(25)16-22(20)26)10-6-1-2-7-11-23(27)28/h1,3-6,8-9,14-15,18-22,24-26H,2,7,10-13,16H2,(H,27,28)/t18-,19+,20+,21-,22+/m0/s1. The molecule has 0 radical (unpaired) electrons. The number of aliphatic hydroxyl groups excluding tert-OH is 3. The van der Waals surface area contributed by atoms with Crippen LogP contribution in [0.15, 0.2) is 54.6 Å². The Bertz CT molecular complexity index is 640. The number of rotatable bonds is 11. The molecule has 1 fully saturated rings. The van der Waals surface area contributed by atoms with Crippen molar-refractivity contribution in [2.24, 2.45) is 11.8 Å². The van der Waals surface area contributed by atoms with Gasteiger partial charge in [-0.25, -0.2) is 0 Å². The first-order chi connectivity index (χ1) is 13.5. The largest absolute Gasteiger partial charge is 0.481 e. The number of benzene rings is 1. The summed E-state index contributed by atoms with van der Waals surface area (Å²) in [4.78, 5) is 10.5. The van der Waals surface area contributed by atoms with E-state index in [1.165, 1.54) is 5.56 Å². The number of unbranched alkanes of at least 4 members (excludes halogenated alkanes) is 1. The fraction of sp³-hybridized carbons (Fsp3) is 0.522. The highest BCUT2D eigenvalue weighted by atomic mass is 16.4. The second-order valence-electron chi connectivity index (χ2n) is 7.58. The molecule has 28 heavy (non-hydrogen) atoms. The molecule has 0 heterocycles. The molecule has 5 heteroatoms. The zero-order valence-electron chi connectivity index (χ0n) is 16.2. The minimum Gasteiger partial charge on any atom is -0.481 e. The summed E-state index contributed by atoms with van der Waals surface area (Å²) in [6.07, 6.45) is 9.51. The molecular weight excluding hydrogens is 356 g/mol. The number of aliphatic carboxylic acids is 1. The molecule has 0 unspecified atom stereocenters. The number of aryl methyl sites for hydroxylation is 1. The fourth-order valence-corrected chi connectivity index (χ4v) is 3.76. The summed E-state index contributed by atoms with van der Waals surface area (Å²) in [6, 6.07) is 9.99. The molecule has 0 bridgehead atoms. The van der Waals surface area contributed by atoms with Gasteiger partial charge in [0.15, 0.2) is 0 Å². The van der Waals surface area contributed by atoms with E-state index in [2.05, 4.69) is 0 Å². The number of carboxylic acids is 1. The Morgan fingerprint density at radius 1 is 1.14 bits per heavy atom. The Morgan fingerprint density at radius 3 is 2.61 bits per heavy atom. The SMILES string of the molecule is O=C(O)CCCC=CC[C@@H]1[C@@H](C=C[C@@H](O)CCc2ccccc2)[C@H](O)C[C@@H]1O. The molecule has 0 aliphatic heterocycles. The number of carboxylic acid groups (broad SMARTS) is 1. The van der Waals surface area contributed by atoms with Gasteiger partial charge in [0.05, 0.1) is 18.3 Å². The van der Waals surface area contributed by atoms with Gasteiger partial charge in [0.2, 0.25) is 0 Å². The zero-order chi connectivity index (χ0) is 20.4. The molecule has 1 aliphatic rings. The van der Waals surface area contributed by atoms with Crippen LogP contribution in [0.2, 0.25) is 0 Å². The Labute approximate surface area is 167 Å². The Balaban J connectivity index is 1.82. The Morgan fingerprint density at radius 2 is 1.89 bits per heavy atom. The lowest BCUT2D eigenvalue weighted by atomic mass is 9.89. The third-order valence-corrected chi connectivity index (χ3v) is 5.38. The molecule has 1 aromatic carbocycles. The number of hydrogen-bond donors (Lipinski definition) is 4. The van der Waals surface area contributed by atoms with Crippen LogP contribution in [-0.4, -0.2) is 44.7 Å². The predicted molar refractivity (Wildman–Crippen MR) is 109 cm³/mol. The van der Waals surface area contributed by atoms with Crippen LogP contribution < -0.4 is 0 Å². The number of allylic oxidation sites excluding steroid dienone is 2. The lowest BCUT2D eigenvalue weighted by molar-refractivity contribution is -0.137. The fourth-order valence-electron chi connectivity index (χ4n) is 3.76. The first kappa shape index (κ1) is 22.3. The number of carbonyl (C=O) groups is 1. The molecule has 2 rings (SSSR count). The van der Waals surface area contributed by atoms with Gasteiger partial charge in [0.1, 0.15) is 0 Å². The average molecular weight is 389 g/mol. The van der Waals surface area contributed by atoms with Crippen molar-refractivity contribution in [3.63, 3.8) is 0 Å². The van der Waals surface area contributed by atoms with Crippen LogP contribution in [0.25, 0.3) is 0 Å². The molecule has 1 aliphatic carbocycles. The summed E-state index contributed by atoms with van der Waals surface area (Å²) in [7, 11) is 0. The molecule has 5 atom stereocenters. The van der Waals surface area contributed by atoms with E-state index in [1.807, 2.05) is 48.6 Å². The molecule has 1 saturated carbocycles. The van der Waals surface area contributed by atoms with Gasteiger partial charge in [-0.2, -0.15) is 0 Å². The van der Waals surface area contributed by atoms with Crippen molar-refractivity contribution in [1.82, 2.24) is 0 Å². The monoisotopic (exact) mass is 388 g/mol. The lowest BCUT2D eigenvalue weighted by Crippen LogP contribution is -2.20. The van der Waals surface area contributed by atoms with Crippen molar-refractivity contribution < 1.29 is 25.2 Å². The Hall–Kier alpha value is -1.95. The van der Waals surface area contributed by atoms with Crippen molar-refractivity contribution in [3.05, 3.63) is 60.2 Å². The van der Waals surface area contributed by atoms with E-state index in [-0.39, 0.29) is 18.3 Å². The molecular formula is C23H32O5. The molecule has 0 aromatic heterocycles. The van der Waals surface area contributed by atoms with Crippen LogP contribution in [0.5, 0.6) is 0 Å². The summed E-state index contributed by atoms with van der Waals surface area (Å²) < 4.78 is 0. The Kier molecular flexibility index (Phi) is 9.41. The molecule has 5 nitrogen and oxygen atoms in total. The molecule has 154 valence electrons. The van der Waals surface area contributed by atoms with Crippen LogP contribution in [0.1, 0.15) is 44.1 Å². The normalized spacial score (nSPS) is 26.2. The zero-order valence-corrected chi connectivity index (χ0v) is 16.2. The van der Waals surface area contributed by atoms with Crippen LogP contribution >= 0.6 is 0 Å². The predicted octanol–water partition coefficient (Wildman–Crippen LogP) is 3.10. The van der Waals surface area contributed by atoms with Gasteiger partial charge in [-0.3, -0.25) is 4.79 Å². The molecule has 0 spiro atoms. The second-order valence-corrected chi connectivity index (χ2v) is 7.58. The van der Waals surface area contributed by atoms with Gasteiger partial charge in [-0.1, -0.05) is 54.6 Å². The smallest absolute Gasteiger partial charge is 0.303 e. The highest BCUT2D eigenvalue weighted by Gasteiger charge is 2.39. The first-order valence-corrected chi connectivity index (χ1v) is 10.1. The van der Waals surface area contributed by atoms with E-state index in [4.69, 9.17) is 5.11 Å². The van der Waals surface area contributed by atoms with Crippen LogP contribution in [0.4, 0.5) is 0 Å². The van der Waals surface area contributed by atoms with Crippen molar-refractivity contribution in [1.29, 1.82) is 0 Å². The topological polar surface area (TPSA) is 98.0 Å². The molecule has 0 amide bonds. The van der Waals surface area contributed by atoms with Crippen molar-refractivity contribution in [2.45, 2.75) is 63.3 Å². The highest BCUT2D eigenvalue weighted by molar-refractivity contribution is 5.66. The maximum atomic E-state index is 10.5. The van der Waals surface area contributed by atoms with E-state index in [0.29, 0.717) is 32.1 Å². The van der Waals surface area contributed by atoms with Gasteiger partial charge in [-0.05, 0) is 43.6 Å². The van der Waals surface area contributed by atoms with Gasteiger partial charge in [-0.15, -0.1) is 0 Å². The summed E-state index contributed by atoms with van der Waals surface area (Å²) in [5.74, 6) is -1.08. The lowest BCUT2D eigenvalue weighted by Gasteiger charge is -2.19. The minimum atomic E-state index is -0.793. The van der Waals surface area contributed by atoms with Gasteiger partial charge in [0, 0.05) is 18.8 Å². The van der Waals surface area contributed by atoms with Gasteiger partial charge in [0.25, 0.3) is 0 Å². The van der Waals surface area contributed by atoms with Crippen molar-refractivity contribution >= 4 is 5.97 Å². The number of hydrogen-bond acceptors (Lipinski definition) is 4. The van der Waals surface area contributed by atoms with Crippen molar-refractivity contribution in [2.75, 3.05) is 0 Å². The molecule has 1 aromatic rings. The van der Waals surface area contributed by atoms with Crippen LogP contribution in [0, 0.1) is 11.8 Å². The van der Waals surface area contributed by atoms with Crippen LogP contribution in [0.3, 0.4) is 0 Å². The summed E-state index contributed by atoms with van der Waals surface area (Å²) in [6.45, 7) is 0. The van der Waals surface area contributed by atoms with Gasteiger partial charge < -0.3 is 20.4 Å². The summed E-state index contributed by atoms with van der Waals surface area (Å²) in [5.41, 5.74) is 1.18. The number of aliphatic hydroxyl groups is 3. The van der Waals surface area contributed by atoms with E-state index >= 15 is 0 Å². The van der Waals surface area contributed by atoms with Crippen molar-refractivity contribution in [3.8, 4) is 0 Å². The average Bonchev–Trinajstić information content (AvgIpc) is 2.94. The maximum Gasteiger partial charge on any atom is 0.303 e. The maximum absolute atomic E-state index is 10.5. The van der Waals surface area contributed by atoms with E-state index in [1.54, 1.807) is 6.08 Å². The van der Waals surface area contributed by atoms with Gasteiger partial charge >= 0.3 is 5.97 Å². The van der Waals surface area contributed by atoms with E-state index in [0.717, 1.165) is 6.42 Å². The highest BCUT2D eigenvalue weighted by Crippen LogP contribution is 2.36. The quantitative estimate of drug-likeness (QED) is 0.345. The van der Waals surface area contributed by atoms with Crippen LogP contribution in [-0.2, 0) is 11.2 Å². The van der Waals surface area contributed by atoms with E-state index in [9.17, 15) is 20.1 Å². The second kappa shape index (κ2) is 11.8. The molecule has 0 saturated heterocycles. The molecule has 4 N–H and O–H groups in total. The third-order valence-electron chi connectivity index (χ3n) is 5.38. The summed E-state index contributed by atoms with van der Waals surface area (Å²) in [5, 5.41) is 39.4. The summed E-state index contributed by atoms with van der Waals surface area (Å²) >= 11 is 0.